The van der Waals surface area contributed by atoms with Gasteiger partial charge in [0.25, 0.3) is 5.69 Å². The maximum Gasteiger partial charge on any atom is 0.280 e. The van der Waals surface area contributed by atoms with E-state index in [0.717, 1.165) is 0 Å². The van der Waals surface area contributed by atoms with Crippen LogP contribution in [-0.4, -0.2) is 19.5 Å². The molecule has 7 nitrogen and oxygen atoms in total. The zero-order chi connectivity index (χ0) is 14.1. The van der Waals surface area contributed by atoms with E-state index in [9.17, 15) is 10.1 Å². The Kier molecular flexibility index (Phi) is 2.62. The number of benzene rings is 1. The Morgan fingerprint density at radius 3 is 2.80 bits per heavy atom. The lowest BCUT2D eigenvalue weighted by Gasteiger charge is -1.96. The first-order valence-electron chi connectivity index (χ1n) is 5.69. The van der Waals surface area contributed by atoms with Gasteiger partial charge in [0.1, 0.15) is 6.07 Å². The molecule has 0 amide bonds. The number of nitriles is 1. The van der Waals surface area contributed by atoms with Crippen molar-refractivity contribution in [2.45, 2.75) is 0 Å². The van der Waals surface area contributed by atoms with Gasteiger partial charge in [0, 0.05) is 12.3 Å². The lowest BCUT2D eigenvalue weighted by atomic mass is 10.2. The van der Waals surface area contributed by atoms with Gasteiger partial charge in [-0.05, 0) is 18.2 Å². The summed E-state index contributed by atoms with van der Waals surface area (Å²) in [6.45, 7) is 0. The van der Waals surface area contributed by atoms with E-state index in [1.54, 1.807) is 30.3 Å². The van der Waals surface area contributed by atoms with E-state index in [2.05, 4.69) is 10.1 Å². The first-order chi connectivity index (χ1) is 9.69. The predicted octanol–water partition coefficient (Wildman–Crippen LogP) is 2.18. The van der Waals surface area contributed by atoms with Crippen molar-refractivity contribution >= 4 is 11.3 Å². The summed E-state index contributed by atoms with van der Waals surface area (Å²) in [6.07, 6.45) is 1.53. The average molecular weight is 265 g/mol. The van der Waals surface area contributed by atoms with E-state index in [4.69, 9.17) is 5.26 Å². The first-order valence-corrected chi connectivity index (χ1v) is 5.69. The zero-order valence-corrected chi connectivity index (χ0v) is 10.1. The molecule has 2 heterocycles. The molecule has 0 aliphatic carbocycles. The largest absolute Gasteiger partial charge is 0.280 e. The van der Waals surface area contributed by atoms with Crippen molar-refractivity contribution in [2.24, 2.45) is 0 Å². The van der Waals surface area contributed by atoms with Crippen LogP contribution in [0.5, 0.6) is 0 Å². The summed E-state index contributed by atoms with van der Waals surface area (Å²) in [5.41, 5.74) is 1.26. The highest BCUT2D eigenvalue weighted by Gasteiger charge is 2.18. The molecule has 0 aliphatic rings. The molecule has 0 atom stereocenters. The Hall–Kier alpha value is -3.27. The molecule has 0 aliphatic heterocycles. The van der Waals surface area contributed by atoms with Crippen molar-refractivity contribution in [2.75, 3.05) is 0 Å². The Labute approximate surface area is 112 Å². The van der Waals surface area contributed by atoms with Crippen LogP contribution in [0.25, 0.3) is 17.0 Å². The Morgan fingerprint density at radius 1 is 1.25 bits per heavy atom. The molecule has 0 radical (unpaired) electrons. The topological polar surface area (TPSA) is 97.1 Å². The molecule has 0 fully saturated rings. The Balaban J connectivity index is 2.21. The minimum Gasteiger partial charge on any atom is -0.258 e. The maximum atomic E-state index is 11.0. The molecule has 2 aromatic heterocycles. The average Bonchev–Trinajstić information content (AvgIpc) is 2.89. The van der Waals surface area contributed by atoms with Gasteiger partial charge in [-0.25, -0.2) is 9.50 Å². The third-order valence-electron chi connectivity index (χ3n) is 2.80. The van der Waals surface area contributed by atoms with Crippen LogP contribution in [0.2, 0.25) is 0 Å². The number of hydrogen-bond acceptors (Lipinski definition) is 5. The number of fused-ring (bicyclic) bond motifs is 1. The smallest absolute Gasteiger partial charge is 0.258 e. The van der Waals surface area contributed by atoms with Crippen LogP contribution in [-0.2, 0) is 0 Å². The fourth-order valence-corrected chi connectivity index (χ4v) is 1.89. The second kappa shape index (κ2) is 4.44. The summed E-state index contributed by atoms with van der Waals surface area (Å²) in [7, 11) is 0. The maximum absolute atomic E-state index is 11.0. The summed E-state index contributed by atoms with van der Waals surface area (Å²) in [6, 6.07) is 11.5. The van der Waals surface area contributed by atoms with Crippen LogP contribution in [0.3, 0.4) is 0 Å². The summed E-state index contributed by atoms with van der Waals surface area (Å²) in [5, 5.41) is 24.0. The normalized spacial score (nSPS) is 10.3. The second-order valence-corrected chi connectivity index (χ2v) is 4.04. The standard InChI is InChI=1S/C13H7N5O2/c14-7-9-5-6-12-15-13(16-17(12)8-9)10-3-1-2-4-11(10)18(19)20/h1-6,8H. The van der Waals surface area contributed by atoms with Gasteiger partial charge in [-0.2, -0.15) is 5.26 Å². The Morgan fingerprint density at radius 2 is 2.05 bits per heavy atom. The van der Waals surface area contributed by atoms with E-state index >= 15 is 0 Å². The Bertz CT molecular complexity index is 863. The quantitative estimate of drug-likeness (QED) is 0.522. The molecule has 1 aromatic carbocycles. The van der Waals surface area contributed by atoms with Crippen molar-refractivity contribution < 1.29 is 4.92 Å². The summed E-state index contributed by atoms with van der Waals surface area (Å²) in [5.74, 6) is 0.257. The molecule has 96 valence electrons. The monoisotopic (exact) mass is 265 g/mol. The number of rotatable bonds is 2. The summed E-state index contributed by atoms with van der Waals surface area (Å²) >= 11 is 0. The molecule has 7 heteroatoms. The molecule has 0 saturated carbocycles. The third-order valence-corrected chi connectivity index (χ3v) is 2.80. The second-order valence-electron chi connectivity index (χ2n) is 4.04. The van der Waals surface area contributed by atoms with Crippen molar-refractivity contribution in [3.05, 3.63) is 58.3 Å². The van der Waals surface area contributed by atoms with Crippen molar-refractivity contribution in [1.29, 1.82) is 5.26 Å². The van der Waals surface area contributed by atoms with Gasteiger partial charge in [-0.3, -0.25) is 10.1 Å². The van der Waals surface area contributed by atoms with Crippen LogP contribution in [0.15, 0.2) is 42.6 Å². The van der Waals surface area contributed by atoms with Crippen molar-refractivity contribution in [1.82, 2.24) is 14.6 Å². The number of aromatic nitrogens is 3. The van der Waals surface area contributed by atoms with E-state index in [-0.39, 0.29) is 11.5 Å². The van der Waals surface area contributed by atoms with Crippen LogP contribution in [0.4, 0.5) is 5.69 Å². The molecule has 0 saturated heterocycles. The van der Waals surface area contributed by atoms with Gasteiger partial charge >= 0.3 is 0 Å². The molecule has 3 aromatic rings. The van der Waals surface area contributed by atoms with Crippen LogP contribution < -0.4 is 0 Å². The number of pyridine rings is 1. The first kappa shape index (κ1) is 11.8. The van der Waals surface area contributed by atoms with Gasteiger partial charge in [0.05, 0.1) is 16.1 Å². The lowest BCUT2D eigenvalue weighted by molar-refractivity contribution is -0.384. The highest BCUT2D eigenvalue weighted by Crippen LogP contribution is 2.27. The molecule has 0 bridgehead atoms. The molecule has 20 heavy (non-hydrogen) atoms. The number of nitro benzene ring substituents is 1. The van der Waals surface area contributed by atoms with Gasteiger partial charge < -0.3 is 0 Å². The molecular weight excluding hydrogens is 258 g/mol. The SMILES string of the molecule is N#Cc1ccc2nc(-c3ccccc3[N+](=O)[O-])nn2c1. The van der Waals surface area contributed by atoms with Crippen LogP contribution >= 0.6 is 0 Å². The van der Waals surface area contributed by atoms with Gasteiger partial charge in [-0.1, -0.05) is 12.1 Å². The van der Waals surface area contributed by atoms with Crippen molar-refractivity contribution in [3.63, 3.8) is 0 Å². The number of nitrogens with zero attached hydrogens (tertiary/aromatic N) is 5. The highest BCUT2D eigenvalue weighted by molar-refractivity contribution is 5.69. The van der Waals surface area contributed by atoms with E-state index < -0.39 is 4.92 Å². The number of para-hydroxylation sites is 1. The zero-order valence-electron chi connectivity index (χ0n) is 10.1. The summed E-state index contributed by atoms with van der Waals surface area (Å²) < 4.78 is 1.44. The van der Waals surface area contributed by atoms with E-state index in [1.165, 1.54) is 16.8 Å². The predicted molar refractivity (Wildman–Crippen MR) is 69.8 cm³/mol. The summed E-state index contributed by atoms with van der Waals surface area (Å²) in [4.78, 5) is 14.8. The van der Waals surface area contributed by atoms with E-state index in [0.29, 0.717) is 16.8 Å². The lowest BCUT2D eigenvalue weighted by Crippen LogP contribution is -1.93. The highest BCUT2D eigenvalue weighted by atomic mass is 16.6. The van der Waals surface area contributed by atoms with Crippen LogP contribution in [0.1, 0.15) is 5.56 Å². The molecule has 0 N–H and O–H groups in total. The van der Waals surface area contributed by atoms with Gasteiger partial charge in [0.15, 0.2) is 11.5 Å². The number of hydrogen-bond donors (Lipinski definition) is 0. The fraction of sp³-hybridized carbons (Fsp3) is 0. The van der Waals surface area contributed by atoms with Crippen molar-refractivity contribution in [3.8, 4) is 17.5 Å². The molecular formula is C13H7N5O2. The van der Waals surface area contributed by atoms with E-state index in [1.807, 2.05) is 6.07 Å². The third kappa shape index (κ3) is 1.85. The molecule has 0 spiro atoms. The molecule has 0 unspecified atom stereocenters. The van der Waals surface area contributed by atoms with Gasteiger partial charge in [-0.15, -0.1) is 5.10 Å². The van der Waals surface area contributed by atoms with Crippen LogP contribution in [0, 0.1) is 21.4 Å². The van der Waals surface area contributed by atoms with Gasteiger partial charge in [0.2, 0.25) is 0 Å². The minimum atomic E-state index is -0.471. The number of nitro groups is 1. The fourth-order valence-electron chi connectivity index (χ4n) is 1.89. The minimum absolute atomic E-state index is 0.0519. The molecule has 3 rings (SSSR count).